The summed E-state index contributed by atoms with van der Waals surface area (Å²) in [6.07, 6.45) is 1.47. The number of nitrogens with one attached hydrogen (secondary N) is 2. The van der Waals surface area contributed by atoms with Crippen LogP contribution in [0.15, 0.2) is 29.2 Å². The van der Waals surface area contributed by atoms with E-state index in [1.807, 2.05) is 5.32 Å². The maximum Gasteiger partial charge on any atom is 0.405 e. The first-order chi connectivity index (χ1) is 12.3. The largest absolute Gasteiger partial charge is 0.405 e. The molecule has 144 valence electrons. The van der Waals surface area contributed by atoms with E-state index in [1.54, 1.807) is 18.2 Å². The smallest absolute Gasteiger partial charge is 0.355 e. The van der Waals surface area contributed by atoms with Crippen LogP contribution in [0.1, 0.15) is 42.5 Å². The number of hydrogen-bond donors (Lipinski definition) is 2. The zero-order valence-corrected chi connectivity index (χ0v) is 15.2. The maximum atomic E-state index is 12.3. The minimum atomic E-state index is -4.46. The SMILES string of the molecule is O=C(CSc1ccccc1C(=O)NCC(F)(F)F)NCC1CCCCC1. The van der Waals surface area contributed by atoms with Crippen molar-refractivity contribution in [2.24, 2.45) is 5.92 Å². The zero-order chi connectivity index (χ0) is 19.0. The standard InChI is InChI=1S/C18H23F3N2O2S/c19-18(20,21)12-23-17(25)14-8-4-5-9-15(14)26-11-16(24)22-10-13-6-2-1-3-7-13/h4-5,8-9,13H,1-3,6-7,10-12H2,(H,22,24)(H,23,25). The third-order valence-corrected chi connectivity index (χ3v) is 5.33. The molecule has 0 aromatic heterocycles. The summed E-state index contributed by atoms with van der Waals surface area (Å²) in [7, 11) is 0. The fraction of sp³-hybridized carbons (Fsp3) is 0.556. The summed E-state index contributed by atoms with van der Waals surface area (Å²) in [6, 6.07) is 6.34. The number of alkyl halides is 3. The van der Waals surface area contributed by atoms with Crippen LogP contribution >= 0.6 is 11.8 Å². The molecule has 2 amide bonds. The second-order valence-corrected chi connectivity index (χ2v) is 7.41. The molecule has 2 rings (SSSR count). The predicted molar refractivity (Wildman–Crippen MR) is 95.1 cm³/mol. The van der Waals surface area contributed by atoms with Gasteiger partial charge in [0.2, 0.25) is 5.91 Å². The van der Waals surface area contributed by atoms with Crippen molar-refractivity contribution in [2.75, 3.05) is 18.8 Å². The van der Waals surface area contributed by atoms with Gasteiger partial charge >= 0.3 is 6.18 Å². The number of carbonyl (C=O) groups is 2. The second kappa shape index (κ2) is 9.85. The summed E-state index contributed by atoms with van der Waals surface area (Å²) in [5, 5.41) is 4.76. The van der Waals surface area contributed by atoms with Crippen LogP contribution in [-0.2, 0) is 4.79 Å². The Labute approximate surface area is 155 Å². The van der Waals surface area contributed by atoms with Gasteiger partial charge in [0.25, 0.3) is 5.91 Å². The molecule has 0 bridgehead atoms. The van der Waals surface area contributed by atoms with Crippen LogP contribution in [0.5, 0.6) is 0 Å². The molecule has 26 heavy (non-hydrogen) atoms. The van der Waals surface area contributed by atoms with E-state index in [0.717, 1.165) is 24.6 Å². The van der Waals surface area contributed by atoms with Gasteiger partial charge < -0.3 is 10.6 Å². The highest BCUT2D eigenvalue weighted by molar-refractivity contribution is 8.00. The first-order valence-corrected chi connectivity index (χ1v) is 9.67. The summed E-state index contributed by atoms with van der Waals surface area (Å²) in [5.41, 5.74) is 0.141. The lowest BCUT2D eigenvalue weighted by Crippen LogP contribution is -2.34. The van der Waals surface area contributed by atoms with Gasteiger partial charge in [-0.2, -0.15) is 13.2 Å². The summed E-state index contributed by atoms with van der Waals surface area (Å²) in [5.74, 6) is -0.284. The van der Waals surface area contributed by atoms with Gasteiger partial charge in [0.05, 0.1) is 11.3 Å². The van der Waals surface area contributed by atoms with Crippen molar-refractivity contribution in [3.05, 3.63) is 29.8 Å². The molecular formula is C18H23F3N2O2S. The average Bonchev–Trinajstić information content (AvgIpc) is 2.63. The lowest BCUT2D eigenvalue weighted by Gasteiger charge is -2.21. The van der Waals surface area contributed by atoms with Gasteiger partial charge in [-0.3, -0.25) is 9.59 Å². The number of thioether (sulfide) groups is 1. The number of hydrogen-bond acceptors (Lipinski definition) is 3. The lowest BCUT2D eigenvalue weighted by atomic mass is 9.89. The Kier molecular flexibility index (Phi) is 7.81. The summed E-state index contributed by atoms with van der Waals surface area (Å²) in [4.78, 5) is 24.5. The van der Waals surface area contributed by atoms with Crippen LogP contribution < -0.4 is 10.6 Å². The van der Waals surface area contributed by atoms with E-state index in [1.165, 1.54) is 25.3 Å². The van der Waals surface area contributed by atoms with E-state index in [4.69, 9.17) is 0 Å². The Morgan fingerprint density at radius 3 is 2.46 bits per heavy atom. The molecule has 4 nitrogen and oxygen atoms in total. The molecule has 1 saturated carbocycles. The summed E-state index contributed by atoms with van der Waals surface area (Å²) >= 11 is 1.15. The van der Waals surface area contributed by atoms with Crippen LogP contribution in [-0.4, -0.2) is 36.8 Å². The molecule has 0 unspecified atom stereocenters. The number of carbonyl (C=O) groups excluding carboxylic acids is 2. The Morgan fingerprint density at radius 1 is 1.08 bits per heavy atom. The highest BCUT2D eigenvalue weighted by atomic mass is 32.2. The van der Waals surface area contributed by atoms with Crippen LogP contribution in [0.2, 0.25) is 0 Å². The van der Waals surface area contributed by atoms with E-state index in [-0.39, 0.29) is 17.2 Å². The van der Waals surface area contributed by atoms with E-state index >= 15 is 0 Å². The van der Waals surface area contributed by atoms with E-state index < -0.39 is 18.6 Å². The predicted octanol–water partition coefficient (Wildman–Crippen LogP) is 3.77. The molecule has 8 heteroatoms. The fourth-order valence-electron chi connectivity index (χ4n) is 2.90. The third kappa shape index (κ3) is 7.27. The van der Waals surface area contributed by atoms with Crippen LogP contribution in [0.3, 0.4) is 0 Å². The molecule has 1 aliphatic carbocycles. The van der Waals surface area contributed by atoms with Gasteiger partial charge in [-0.15, -0.1) is 11.8 Å². The zero-order valence-electron chi connectivity index (χ0n) is 14.4. The van der Waals surface area contributed by atoms with Gasteiger partial charge in [-0.1, -0.05) is 31.4 Å². The van der Waals surface area contributed by atoms with Crippen LogP contribution in [0, 0.1) is 5.92 Å². The molecule has 1 aromatic rings. The van der Waals surface area contributed by atoms with Gasteiger partial charge in [0.15, 0.2) is 0 Å². The van der Waals surface area contributed by atoms with Crippen molar-refractivity contribution >= 4 is 23.6 Å². The van der Waals surface area contributed by atoms with Crippen LogP contribution in [0.25, 0.3) is 0 Å². The molecule has 1 fully saturated rings. The molecular weight excluding hydrogens is 365 g/mol. The molecule has 2 N–H and O–H groups in total. The van der Waals surface area contributed by atoms with E-state index in [0.29, 0.717) is 17.4 Å². The molecule has 0 heterocycles. The van der Waals surface area contributed by atoms with Gasteiger partial charge in [-0.25, -0.2) is 0 Å². The molecule has 1 aromatic carbocycles. The summed E-state index contributed by atoms with van der Waals surface area (Å²) in [6.45, 7) is -0.722. The molecule has 1 aliphatic rings. The lowest BCUT2D eigenvalue weighted by molar-refractivity contribution is -0.123. The summed E-state index contributed by atoms with van der Waals surface area (Å²) < 4.78 is 36.8. The van der Waals surface area contributed by atoms with Crippen LogP contribution in [0.4, 0.5) is 13.2 Å². The van der Waals surface area contributed by atoms with E-state index in [2.05, 4.69) is 5.32 Å². The maximum absolute atomic E-state index is 12.3. The fourth-order valence-corrected chi connectivity index (χ4v) is 3.78. The topological polar surface area (TPSA) is 58.2 Å². The molecule has 0 atom stereocenters. The van der Waals surface area contributed by atoms with Crippen molar-refractivity contribution in [2.45, 2.75) is 43.2 Å². The highest BCUT2D eigenvalue weighted by Crippen LogP contribution is 2.24. The first kappa shape index (κ1) is 20.6. The minimum Gasteiger partial charge on any atom is -0.355 e. The second-order valence-electron chi connectivity index (χ2n) is 6.39. The van der Waals surface area contributed by atoms with Crippen molar-refractivity contribution in [3.63, 3.8) is 0 Å². The number of rotatable bonds is 7. The van der Waals surface area contributed by atoms with Crippen molar-refractivity contribution in [1.29, 1.82) is 0 Å². The molecule has 0 aliphatic heterocycles. The van der Waals surface area contributed by atoms with Gasteiger partial charge in [0.1, 0.15) is 6.54 Å². The van der Waals surface area contributed by atoms with Crippen molar-refractivity contribution < 1.29 is 22.8 Å². The number of amides is 2. The molecule has 0 saturated heterocycles. The highest BCUT2D eigenvalue weighted by Gasteiger charge is 2.28. The third-order valence-electron chi connectivity index (χ3n) is 4.25. The van der Waals surface area contributed by atoms with Crippen molar-refractivity contribution in [3.8, 4) is 0 Å². The van der Waals surface area contributed by atoms with E-state index in [9.17, 15) is 22.8 Å². The monoisotopic (exact) mass is 388 g/mol. The first-order valence-electron chi connectivity index (χ1n) is 8.68. The number of halogens is 3. The molecule has 0 spiro atoms. The minimum absolute atomic E-state index is 0.121. The normalized spacial score (nSPS) is 15.5. The van der Waals surface area contributed by atoms with Crippen molar-refractivity contribution in [1.82, 2.24) is 10.6 Å². The molecule has 0 radical (unpaired) electrons. The number of benzene rings is 1. The van der Waals surface area contributed by atoms with Gasteiger partial charge in [0, 0.05) is 11.4 Å². The Balaban J connectivity index is 1.83. The quantitative estimate of drug-likeness (QED) is 0.699. The average molecular weight is 388 g/mol. The Bertz CT molecular complexity index is 617. The Morgan fingerprint density at radius 2 is 1.77 bits per heavy atom. The Hall–Kier alpha value is -1.70. The van der Waals surface area contributed by atoms with Gasteiger partial charge in [-0.05, 0) is 30.9 Å².